The lowest BCUT2D eigenvalue weighted by Gasteiger charge is -2.18. The van der Waals surface area contributed by atoms with Gasteiger partial charge in [0.05, 0.1) is 5.02 Å². The standard InChI is InChI=1S/C10H16ClN3O2S/c1-10(2,3)6-14-17(15,16)7-4-8(11)9(12)13-5-7/h4-5,14H,6H2,1-3H3,(H2,12,13). The zero-order valence-electron chi connectivity index (χ0n) is 9.99. The molecule has 3 N–H and O–H groups in total. The average molecular weight is 278 g/mol. The van der Waals surface area contributed by atoms with Gasteiger partial charge in [0.2, 0.25) is 10.0 Å². The first kappa shape index (κ1) is 14.2. The minimum Gasteiger partial charge on any atom is -0.382 e. The van der Waals surface area contributed by atoms with Crippen molar-refractivity contribution in [1.29, 1.82) is 0 Å². The van der Waals surface area contributed by atoms with Crippen molar-refractivity contribution in [1.82, 2.24) is 9.71 Å². The van der Waals surface area contributed by atoms with Gasteiger partial charge in [0.15, 0.2) is 0 Å². The number of halogens is 1. The monoisotopic (exact) mass is 277 g/mol. The highest BCUT2D eigenvalue weighted by atomic mass is 35.5. The molecule has 0 unspecified atom stereocenters. The lowest BCUT2D eigenvalue weighted by molar-refractivity contribution is 0.407. The van der Waals surface area contributed by atoms with Crippen LogP contribution in [0.15, 0.2) is 17.2 Å². The predicted molar refractivity (Wildman–Crippen MR) is 68.3 cm³/mol. The Hall–Kier alpha value is -0.850. The molecule has 1 rings (SSSR count). The summed E-state index contributed by atoms with van der Waals surface area (Å²) in [6.45, 7) is 6.13. The number of rotatable bonds is 3. The summed E-state index contributed by atoms with van der Waals surface area (Å²) >= 11 is 5.73. The van der Waals surface area contributed by atoms with Crippen molar-refractivity contribution in [2.45, 2.75) is 25.7 Å². The summed E-state index contributed by atoms with van der Waals surface area (Å²) in [6, 6.07) is 1.29. The Morgan fingerprint density at radius 3 is 2.53 bits per heavy atom. The molecule has 0 radical (unpaired) electrons. The van der Waals surface area contributed by atoms with E-state index in [9.17, 15) is 8.42 Å². The van der Waals surface area contributed by atoms with E-state index in [1.54, 1.807) is 0 Å². The van der Waals surface area contributed by atoms with E-state index in [2.05, 4.69) is 9.71 Å². The number of nitrogens with zero attached hydrogens (tertiary/aromatic N) is 1. The van der Waals surface area contributed by atoms with Crippen LogP contribution in [0, 0.1) is 5.41 Å². The minimum atomic E-state index is -3.59. The Labute approximate surface area is 106 Å². The maximum Gasteiger partial charge on any atom is 0.242 e. The van der Waals surface area contributed by atoms with Gasteiger partial charge < -0.3 is 5.73 Å². The highest BCUT2D eigenvalue weighted by Gasteiger charge is 2.19. The van der Waals surface area contributed by atoms with Crippen LogP contribution < -0.4 is 10.5 Å². The molecule has 7 heteroatoms. The lowest BCUT2D eigenvalue weighted by Crippen LogP contribution is -2.32. The average Bonchev–Trinajstić information content (AvgIpc) is 2.18. The van der Waals surface area contributed by atoms with Gasteiger partial charge in [-0.25, -0.2) is 18.1 Å². The molecular weight excluding hydrogens is 262 g/mol. The van der Waals surface area contributed by atoms with Crippen molar-refractivity contribution in [2.75, 3.05) is 12.3 Å². The largest absolute Gasteiger partial charge is 0.382 e. The van der Waals surface area contributed by atoms with Crippen LogP contribution in [0.1, 0.15) is 20.8 Å². The summed E-state index contributed by atoms with van der Waals surface area (Å²) in [5, 5.41) is 0.128. The molecular formula is C10H16ClN3O2S. The van der Waals surface area contributed by atoms with Crippen molar-refractivity contribution in [3.8, 4) is 0 Å². The molecule has 0 amide bonds. The second kappa shape index (κ2) is 4.80. The molecule has 0 saturated heterocycles. The molecule has 0 aliphatic carbocycles. The maximum absolute atomic E-state index is 11.9. The maximum atomic E-state index is 11.9. The molecule has 0 atom stereocenters. The van der Waals surface area contributed by atoms with E-state index in [4.69, 9.17) is 17.3 Å². The predicted octanol–water partition coefficient (Wildman–Crippen LogP) is 1.64. The zero-order valence-corrected chi connectivity index (χ0v) is 11.6. The molecule has 0 aromatic carbocycles. The number of aromatic nitrogens is 1. The van der Waals surface area contributed by atoms with Gasteiger partial charge in [0.1, 0.15) is 10.7 Å². The Kier molecular flexibility index (Phi) is 4.01. The fourth-order valence-electron chi connectivity index (χ4n) is 0.973. The van der Waals surface area contributed by atoms with Crippen LogP contribution in [0.25, 0.3) is 0 Å². The van der Waals surface area contributed by atoms with Gasteiger partial charge in [-0.1, -0.05) is 32.4 Å². The first-order chi connectivity index (χ1) is 7.62. The first-order valence-corrected chi connectivity index (χ1v) is 6.89. The second-order valence-electron chi connectivity index (χ2n) is 4.92. The fourth-order valence-corrected chi connectivity index (χ4v) is 2.46. The van der Waals surface area contributed by atoms with Crippen LogP contribution in [0.4, 0.5) is 5.82 Å². The quantitative estimate of drug-likeness (QED) is 0.880. The van der Waals surface area contributed by atoms with Gasteiger partial charge >= 0.3 is 0 Å². The smallest absolute Gasteiger partial charge is 0.242 e. The zero-order chi connectivity index (χ0) is 13.3. The van der Waals surface area contributed by atoms with Gasteiger partial charge in [-0.3, -0.25) is 0 Å². The Bertz CT molecular complexity index is 509. The SMILES string of the molecule is CC(C)(C)CNS(=O)(=O)c1cnc(N)c(Cl)c1. The minimum absolute atomic E-state index is 0.0148. The van der Waals surface area contributed by atoms with E-state index < -0.39 is 10.0 Å². The van der Waals surface area contributed by atoms with Crippen LogP contribution in [-0.2, 0) is 10.0 Å². The van der Waals surface area contributed by atoms with Gasteiger partial charge in [-0.05, 0) is 11.5 Å². The number of anilines is 1. The molecule has 1 heterocycles. The van der Waals surface area contributed by atoms with Crippen molar-refractivity contribution in [2.24, 2.45) is 5.41 Å². The molecule has 5 nitrogen and oxygen atoms in total. The highest BCUT2D eigenvalue weighted by Crippen LogP contribution is 2.20. The van der Waals surface area contributed by atoms with Gasteiger partial charge in [-0.2, -0.15) is 0 Å². The van der Waals surface area contributed by atoms with Gasteiger partial charge in [-0.15, -0.1) is 0 Å². The number of hydrogen-bond acceptors (Lipinski definition) is 4. The molecule has 0 aliphatic rings. The Balaban J connectivity index is 2.94. The summed E-state index contributed by atoms with van der Waals surface area (Å²) in [4.78, 5) is 3.73. The lowest BCUT2D eigenvalue weighted by atomic mass is 9.98. The molecule has 0 saturated carbocycles. The highest BCUT2D eigenvalue weighted by molar-refractivity contribution is 7.89. The second-order valence-corrected chi connectivity index (χ2v) is 7.10. The van der Waals surface area contributed by atoms with Crippen LogP contribution in [0.5, 0.6) is 0 Å². The van der Waals surface area contributed by atoms with E-state index >= 15 is 0 Å². The van der Waals surface area contributed by atoms with Crippen LogP contribution in [0.3, 0.4) is 0 Å². The molecule has 0 fully saturated rings. The normalized spacial score (nSPS) is 12.7. The summed E-state index contributed by atoms with van der Waals surface area (Å²) in [6.07, 6.45) is 1.19. The first-order valence-electron chi connectivity index (χ1n) is 5.02. The van der Waals surface area contributed by atoms with Gasteiger partial charge in [0.25, 0.3) is 0 Å². The molecule has 0 aliphatic heterocycles. The van der Waals surface area contributed by atoms with Crippen molar-refractivity contribution in [3.63, 3.8) is 0 Å². The molecule has 96 valence electrons. The third kappa shape index (κ3) is 4.14. The molecule has 1 aromatic heterocycles. The summed E-state index contributed by atoms with van der Waals surface area (Å²) in [5.41, 5.74) is 5.28. The summed E-state index contributed by atoms with van der Waals surface area (Å²) in [7, 11) is -3.59. The van der Waals surface area contributed by atoms with E-state index in [1.165, 1.54) is 12.3 Å². The number of hydrogen-bond donors (Lipinski definition) is 2. The van der Waals surface area contributed by atoms with Crippen LogP contribution >= 0.6 is 11.6 Å². The third-order valence-corrected chi connectivity index (χ3v) is 3.62. The van der Waals surface area contributed by atoms with Gasteiger partial charge in [0, 0.05) is 12.7 Å². The van der Waals surface area contributed by atoms with Crippen LogP contribution in [0.2, 0.25) is 5.02 Å². The number of sulfonamides is 1. The van der Waals surface area contributed by atoms with E-state index in [1.807, 2.05) is 20.8 Å². The van der Waals surface area contributed by atoms with Crippen molar-refractivity contribution in [3.05, 3.63) is 17.3 Å². The molecule has 1 aromatic rings. The Morgan fingerprint density at radius 2 is 2.06 bits per heavy atom. The van der Waals surface area contributed by atoms with E-state index in [0.717, 1.165) is 0 Å². The summed E-state index contributed by atoms with van der Waals surface area (Å²) in [5.74, 6) is 0.112. The van der Waals surface area contributed by atoms with E-state index in [-0.39, 0.29) is 21.2 Å². The number of nitrogens with two attached hydrogens (primary N) is 1. The number of nitrogen functional groups attached to an aromatic ring is 1. The molecule has 0 spiro atoms. The topological polar surface area (TPSA) is 85.1 Å². The molecule has 17 heavy (non-hydrogen) atoms. The van der Waals surface area contributed by atoms with Crippen molar-refractivity contribution >= 4 is 27.4 Å². The Morgan fingerprint density at radius 1 is 1.47 bits per heavy atom. The van der Waals surface area contributed by atoms with Crippen molar-refractivity contribution < 1.29 is 8.42 Å². The van der Waals surface area contributed by atoms with Crippen LogP contribution in [-0.4, -0.2) is 19.9 Å². The summed E-state index contributed by atoms with van der Waals surface area (Å²) < 4.78 is 26.3. The molecule has 0 bridgehead atoms. The van der Waals surface area contributed by atoms with E-state index in [0.29, 0.717) is 6.54 Å². The third-order valence-electron chi connectivity index (χ3n) is 1.95. The number of pyridine rings is 1. The fraction of sp³-hybridized carbons (Fsp3) is 0.500. The number of nitrogens with one attached hydrogen (secondary N) is 1.